The Hall–Kier alpha value is -2.40. The van der Waals surface area contributed by atoms with Crippen LogP contribution in [0, 0.1) is 0 Å². The Bertz CT molecular complexity index is 659. The van der Waals surface area contributed by atoms with Crippen molar-refractivity contribution in [2.24, 2.45) is 0 Å². The first kappa shape index (κ1) is 15.0. The van der Waals surface area contributed by atoms with Gasteiger partial charge in [0.05, 0.1) is 10.7 Å². The van der Waals surface area contributed by atoms with Crippen LogP contribution in [0.5, 0.6) is 0 Å². The third-order valence-electron chi connectivity index (χ3n) is 2.75. The molecule has 1 aromatic heterocycles. The minimum Gasteiger partial charge on any atom is -0.330 e. The number of aromatic nitrogens is 1. The van der Waals surface area contributed by atoms with Gasteiger partial charge in [-0.25, -0.2) is 9.69 Å². The lowest BCUT2D eigenvalue weighted by Crippen LogP contribution is -2.43. The van der Waals surface area contributed by atoms with Gasteiger partial charge in [-0.3, -0.25) is 9.78 Å². The summed E-state index contributed by atoms with van der Waals surface area (Å²) in [6.07, 6.45) is 1.50. The van der Waals surface area contributed by atoms with Crippen molar-refractivity contribution in [2.75, 3.05) is 19.0 Å². The summed E-state index contributed by atoms with van der Waals surface area (Å²) in [6.45, 7) is 0. The summed E-state index contributed by atoms with van der Waals surface area (Å²) in [5.41, 5.74) is 0.501. The van der Waals surface area contributed by atoms with Gasteiger partial charge in [-0.05, 0) is 24.3 Å². The van der Waals surface area contributed by atoms with Gasteiger partial charge in [0.1, 0.15) is 5.69 Å². The zero-order valence-corrected chi connectivity index (χ0v) is 12.4. The number of para-hydroxylation sites is 1. The second-order valence-corrected chi connectivity index (χ2v) is 4.89. The number of imide groups is 1. The molecular formula is C15H14ClN3O2. The molecule has 0 unspecified atom stereocenters. The average molecular weight is 304 g/mol. The van der Waals surface area contributed by atoms with Crippen LogP contribution in [0.1, 0.15) is 10.5 Å². The zero-order chi connectivity index (χ0) is 15.4. The highest BCUT2D eigenvalue weighted by atomic mass is 35.5. The number of pyridine rings is 1. The van der Waals surface area contributed by atoms with Crippen molar-refractivity contribution < 1.29 is 9.59 Å². The van der Waals surface area contributed by atoms with Crippen LogP contribution in [-0.4, -0.2) is 35.9 Å². The van der Waals surface area contributed by atoms with Crippen molar-refractivity contribution in [1.29, 1.82) is 0 Å². The number of halogens is 1. The topological polar surface area (TPSA) is 53.5 Å². The first-order chi connectivity index (χ1) is 10.0. The Balaban J connectivity index is 2.50. The molecule has 0 spiro atoms. The maximum absolute atomic E-state index is 12.6. The zero-order valence-electron chi connectivity index (χ0n) is 11.7. The van der Waals surface area contributed by atoms with Crippen LogP contribution >= 0.6 is 11.6 Å². The van der Waals surface area contributed by atoms with E-state index in [-0.39, 0.29) is 5.69 Å². The van der Waals surface area contributed by atoms with Gasteiger partial charge in [0.25, 0.3) is 5.91 Å². The predicted molar refractivity (Wildman–Crippen MR) is 81.6 cm³/mol. The fraction of sp³-hybridized carbons (Fsp3) is 0.133. The number of rotatable bonds is 2. The number of benzene rings is 1. The molecular weight excluding hydrogens is 290 g/mol. The smallest absolute Gasteiger partial charge is 0.330 e. The highest BCUT2D eigenvalue weighted by Gasteiger charge is 2.28. The molecule has 3 amide bonds. The third-order valence-corrected chi connectivity index (χ3v) is 3.07. The summed E-state index contributed by atoms with van der Waals surface area (Å²) < 4.78 is 0. The molecule has 108 valence electrons. The van der Waals surface area contributed by atoms with E-state index in [1.807, 2.05) is 0 Å². The van der Waals surface area contributed by atoms with E-state index in [2.05, 4.69) is 4.98 Å². The molecule has 0 aliphatic heterocycles. The Labute approximate surface area is 127 Å². The number of amides is 3. The van der Waals surface area contributed by atoms with E-state index in [1.54, 1.807) is 56.6 Å². The van der Waals surface area contributed by atoms with E-state index in [0.29, 0.717) is 10.7 Å². The average Bonchev–Trinajstić information content (AvgIpc) is 2.50. The molecule has 0 N–H and O–H groups in total. The largest absolute Gasteiger partial charge is 0.331 e. The van der Waals surface area contributed by atoms with E-state index in [1.165, 1.54) is 11.1 Å². The maximum atomic E-state index is 12.6. The number of carbonyl (C=O) groups excluding carboxylic acids is 2. The van der Waals surface area contributed by atoms with Gasteiger partial charge in [0, 0.05) is 20.3 Å². The minimum atomic E-state index is -0.526. The van der Waals surface area contributed by atoms with Crippen LogP contribution in [0.15, 0.2) is 48.7 Å². The molecule has 2 rings (SSSR count). The van der Waals surface area contributed by atoms with Gasteiger partial charge in [0.15, 0.2) is 0 Å². The van der Waals surface area contributed by atoms with Crippen molar-refractivity contribution in [3.8, 4) is 0 Å². The van der Waals surface area contributed by atoms with Crippen molar-refractivity contribution in [3.05, 3.63) is 59.4 Å². The SMILES string of the molecule is CN(C)C(=O)N(C(=O)c1ccccn1)c1ccccc1Cl. The standard InChI is InChI=1S/C15H14ClN3O2/c1-18(2)15(21)19(13-9-4-3-7-11(13)16)14(20)12-8-5-6-10-17-12/h3-10H,1-2H3. The Morgan fingerprint density at radius 3 is 2.29 bits per heavy atom. The highest BCUT2D eigenvalue weighted by Crippen LogP contribution is 2.27. The van der Waals surface area contributed by atoms with Crippen molar-refractivity contribution in [3.63, 3.8) is 0 Å². The third kappa shape index (κ3) is 3.20. The van der Waals surface area contributed by atoms with E-state index in [9.17, 15) is 9.59 Å². The second kappa shape index (κ2) is 6.37. The fourth-order valence-corrected chi connectivity index (χ4v) is 1.96. The molecule has 0 saturated heterocycles. The van der Waals surface area contributed by atoms with Crippen LogP contribution < -0.4 is 4.90 Å². The summed E-state index contributed by atoms with van der Waals surface area (Å²) >= 11 is 6.11. The monoisotopic (exact) mass is 303 g/mol. The van der Waals surface area contributed by atoms with Crippen molar-refractivity contribution >= 4 is 29.2 Å². The number of urea groups is 1. The molecule has 1 aromatic carbocycles. The molecule has 0 bridgehead atoms. The summed E-state index contributed by atoms with van der Waals surface area (Å²) in [7, 11) is 3.13. The van der Waals surface area contributed by atoms with Crippen LogP contribution in [-0.2, 0) is 0 Å². The van der Waals surface area contributed by atoms with Crippen LogP contribution in [0.4, 0.5) is 10.5 Å². The lowest BCUT2D eigenvalue weighted by molar-refractivity contribution is 0.0984. The fourth-order valence-electron chi connectivity index (χ4n) is 1.74. The van der Waals surface area contributed by atoms with E-state index >= 15 is 0 Å². The summed E-state index contributed by atoms with van der Waals surface area (Å²) in [4.78, 5) is 31.3. The molecule has 0 saturated carbocycles. The van der Waals surface area contributed by atoms with Crippen LogP contribution in [0.2, 0.25) is 5.02 Å². The molecule has 0 fully saturated rings. The van der Waals surface area contributed by atoms with Gasteiger partial charge in [-0.1, -0.05) is 29.8 Å². The minimum absolute atomic E-state index is 0.174. The van der Waals surface area contributed by atoms with Gasteiger partial charge < -0.3 is 4.90 Å². The van der Waals surface area contributed by atoms with Crippen molar-refractivity contribution in [2.45, 2.75) is 0 Å². The lowest BCUT2D eigenvalue weighted by Gasteiger charge is -2.24. The normalized spacial score (nSPS) is 10.0. The Morgan fingerprint density at radius 1 is 1.05 bits per heavy atom. The summed E-state index contributed by atoms with van der Waals surface area (Å²) in [5.74, 6) is -0.526. The first-order valence-corrected chi connectivity index (χ1v) is 6.61. The Kier molecular flexibility index (Phi) is 4.55. The van der Waals surface area contributed by atoms with Gasteiger partial charge in [0.2, 0.25) is 0 Å². The molecule has 21 heavy (non-hydrogen) atoms. The lowest BCUT2D eigenvalue weighted by atomic mass is 10.2. The molecule has 2 aromatic rings. The molecule has 1 heterocycles. The quantitative estimate of drug-likeness (QED) is 0.857. The number of nitrogens with zero attached hydrogens (tertiary/aromatic N) is 3. The van der Waals surface area contributed by atoms with Gasteiger partial charge in [-0.15, -0.1) is 0 Å². The molecule has 6 heteroatoms. The van der Waals surface area contributed by atoms with E-state index in [4.69, 9.17) is 11.6 Å². The van der Waals surface area contributed by atoms with Crippen LogP contribution in [0.3, 0.4) is 0 Å². The summed E-state index contributed by atoms with van der Waals surface area (Å²) in [6, 6.07) is 11.1. The molecule has 0 aliphatic carbocycles. The van der Waals surface area contributed by atoms with Crippen molar-refractivity contribution in [1.82, 2.24) is 9.88 Å². The predicted octanol–water partition coefficient (Wildman–Crippen LogP) is 3.06. The Morgan fingerprint density at radius 2 is 1.71 bits per heavy atom. The molecule has 0 atom stereocenters. The molecule has 5 nitrogen and oxygen atoms in total. The summed E-state index contributed by atoms with van der Waals surface area (Å²) in [5, 5.41) is 0.317. The first-order valence-electron chi connectivity index (χ1n) is 6.23. The van der Waals surface area contributed by atoms with Crippen LogP contribution in [0.25, 0.3) is 0 Å². The highest BCUT2D eigenvalue weighted by molar-refractivity contribution is 6.35. The molecule has 0 aliphatic rings. The number of carbonyl (C=O) groups is 2. The number of anilines is 1. The number of hydrogen-bond acceptors (Lipinski definition) is 3. The van der Waals surface area contributed by atoms with Gasteiger partial charge >= 0.3 is 6.03 Å². The number of hydrogen-bond donors (Lipinski definition) is 0. The van der Waals surface area contributed by atoms with E-state index < -0.39 is 11.9 Å². The van der Waals surface area contributed by atoms with E-state index in [0.717, 1.165) is 4.90 Å². The second-order valence-electron chi connectivity index (χ2n) is 4.48. The molecule has 0 radical (unpaired) electrons. The maximum Gasteiger partial charge on any atom is 0.331 e. The van der Waals surface area contributed by atoms with Gasteiger partial charge in [-0.2, -0.15) is 0 Å².